The maximum atomic E-state index is 13.5. The molecule has 7 nitrogen and oxygen atoms in total. The van der Waals surface area contributed by atoms with E-state index in [-0.39, 0.29) is 11.7 Å². The lowest BCUT2D eigenvalue weighted by Crippen LogP contribution is -2.42. The Morgan fingerprint density at radius 3 is 2.79 bits per heavy atom. The van der Waals surface area contributed by atoms with Crippen molar-refractivity contribution in [3.63, 3.8) is 0 Å². The second-order valence-electron chi connectivity index (χ2n) is 6.80. The number of amides is 1. The van der Waals surface area contributed by atoms with Gasteiger partial charge in [-0.15, -0.1) is 0 Å². The zero-order valence-corrected chi connectivity index (χ0v) is 16.7. The van der Waals surface area contributed by atoms with Crippen molar-refractivity contribution in [2.45, 2.75) is 19.8 Å². The van der Waals surface area contributed by atoms with E-state index in [0.29, 0.717) is 42.7 Å². The molecule has 8 heteroatoms. The lowest BCUT2D eigenvalue weighted by atomic mass is 10.1. The smallest absolute Gasteiger partial charge is 0.251 e. The van der Waals surface area contributed by atoms with Crippen LogP contribution in [-0.2, 0) is 9.47 Å². The Bertz CT molecular complexity index is 648. The SMILES string of the molecule is CN=C(NCCCOCC1CCOC1)NCCNC(=O)c1ccc(C)c(F)c1. The van der Waals surface area contributed by atoms with Crippen LogP contribution in [-0.4, -0.2) is 65.0 Å². The van der Waals surface area contributed by atoms with E-state index in [1.165, 1.54) is 6.07 Å². The molecule has 1 atom stereocenters. The summed E-state index contributed by atoms with van der Waals surface area (Å²) >= 11 is 0. The molecule has 1 aromatic carbocycles. The third kappa shape index (κ3) is 7.82. The summed E-state index contributed by atoms with van der Waals surface area (Å²) in [6.45, 7) is 6.44. The van der Waals surface area contributed by atoms with Gasteiger partial charge in [-0.05, 0) is 37.5 Å². The number of aliphatic imine (C=N–C) groups is 1. The Labute approximate surface area is 166 Å². The van der Waals surface area contributed by atoms with Crippen LogP contribution in [0, 0.1) is 18.7 Å². The highest BCUT2D eigenvalue weighted by atomic mass is 19.1. The van der Waals surface area contributed by atoms with Gasteiger partial charge in [-0.25, -0.2) is 4.39 Å². The highest BCUT2D eigenvalue weighted by Gasteiger charge is 2.15. The van der Waals surface area contributed by atoms with Gasteiger partial charge in [-0.1, -0.05) is 6.07 Å². The number of ether oxygens (including phenoxy) is 2. The van der Waals surface area contributed by atoms with E-state index in [4.69, 9.17) is 9.47 Å². The molecule has 28 heavy (non-hydrogen) atoms. The van der Waals surface area contributed by atoms with Gasteiger partial charge >= 0.3 is 0 Å². The maximum Gasteiger partial charge on any atom is 0.251 e. The Balaban J connectivity index is 1.52. The predicted molar refractivity (Wildman–Crippen MR) is 107 cm³/mol. The average molecular weight is 394 g/mol. The molecular formula is C20H31FN4O3. The quantitative estimate of drug-likeness (QED) is 0.318. The zero-order valence-electron chi connectivity index (χ0n) is 16.7. The van der Waals surface area contributed by atoms with E-state index in [9.17, 15) is 9.18 Å². The van der Waals surface area contributed by atoms with Crippen LogP contribution in [0.5, 0.6) is 0 Å². The van der Waals surface area contributed by atoms with Crippen LogP contribution < -0.4 is 16.0 Å². The van der Waals surface area contributed by atoms with Crippen LogP contribution in [0.15, 0.2) is 23.2 Å². The molecule has 1 aliphatic rings. The summed E-state index contributed by atoms with van der Waals surface area (Å²) in [5, 5.41) is 9.08. The molecule has 1 saturated heterocycles. The van der Waals surface area contributed by atoms with Crippen molar-refractivity contribution in [1.29, 1.82) is 0 Å². The molecule has 1 aromatic rings. The lowest BCUT2D eigenvalue weighted by Gasteiger charge is -2.13. The molecule has 0 radical (unpaired) electrons. The molecule has 0 bridgehead atoms. The number of benzene rings is 1. The molecule has 0 aliphatic carbocycles. The number of guanidine groups is 1. The lowest BCUT2D eigenvalue weighted by molar-refractivity contribution is 0.0887. The monoisotopic (exact) mass is 394 g/mol. The van der Waals surface area contributed by atoms with Crippen molar-refractivity contribution in [3.05, 3.63) is 35.1 Å². The minimum absolute atomic E-state index is 0.298. The predicted octanol–water partition coefficient (Wildman–Crippen LogP) is 1.47. The van der Waals surface area contributed by atoms with Crippen LogP contribution in [0.1, 0.15) is 28.8 Å². The van der Waals surface area contributed by atoms with Gasteiger partial charge in [0.05, 0.1) is 13.2 Å². The van der Waals surface area contributed by atoms with Gasteiger partial charge in [-0.3, -0.25) is 9.79 Å². The summed E-state index contributed by atoms with van der Waals surface area (Å²) in [7, 11) is 1.69. The van der Waals surface area contributed by atoms with E-state index < -0.39 is 0 Å². The van der Waals surface area contributed by atoms with Crippen molar-refractivity contribution < 1.29 is 18.7 Å². The summed E-state index contributed by atoms with van der Waals surface area (Å²) in [5.74, 6) is 0.526. The molecule has 1 amide bonds. The Morgan fingerprint density at radius 1 is 1.29 bits per heavy atom. The van der Waals surface area contributed by atoms with Crippen LogP contribution in [0.25, 0.3) is 0 Å². The minimum atomic E-state index is -0.379. The van der Waals surface area contributed by atoms with Crippen molar-refractivity contribution in [2.75, 3.05) is 53.1 Å². The van der Waals surface area contributed by atoms with Crippen LogP contribution in [0.4, 0.5) is 4.39 Å². The third-order valence-corrected chi connectivity index (χ3v) is 4.50. The van der Waals surface area contributed by atoms with Crippen molar-refractivity contribution in [2.24, 2.45) is 10.9 Å². The van der Waals surface area contributed by atoms with Gasteiger partial charge in [0.25, 0.3) is 5.91 Å². The Kier molecular flexibility index (Phi) is 9.71. The zero-order chi connectivity index (χ0) is 20.2. The second-order valence-corrected chi connectivity index (χ2v) is 6.80. The van der Waals surface area contributed by atoms with Crippen LogP contribution in [0.2, 0.25) is 0 Å². The molecular weight excluding hydrogens is 363 g/mol. The number of carbonyl (C=O) groups is 1. The molecule has 1 heterocycles. The average Bonchev–Trinajstić information content (AvgIpc) is 3.21. The number of carbonyl (C=O) groups excluding carboxylic acids is 1. The van der Waals surface area contributed by atoms with Gasteiger partial charge in [-0.2, -0.15) is 0 Å². The fourth-order valence-electron chi connectivity index (χ4n) is 2.76. The highest BCUT2D eigenvalue weighted by molar-refractivity contribution is 5.94. The number of hydrogen-bond donors (Lipinski definition) is 3. The number of halogens is 1. The Morgan fingerprint density at radius 2 is 2.07 bits per heavy atom. The Hall–Kier alpha value is -2.19. The van der Waals surface area contributed by atoms with Gasteiger partial charge < -0.3 is 25.4 Å². The molecule has 3 N–H and O–H groups in total. The molecule has 156 valence electrons. The number of aryl methyl sites for hydroxylation is 1. The van der Waals surface area contributed by atoms with Gasteiger partial charge in [0.2, 0.25) is 0 Å². The molecule has 0 spiro atoms. The van der Waals surface area contributed by atoms with Gasteiger partial charge in [0.15, 0.2) is 5.96 Å². The number of hydrogen-bond acceptors (Lipinski definition) is 4. The first kappa shape index (κ1) is 22.1. The first-order chi connectivity index (χ1) is 13.6. The second kappa shape index (κ2) is 12.3. The third-order valence-electron chi connectivity index (χ3n) is 4.50. The molecule has 0 saturated carbocycles. The summed E-state index contributed by atoms with van der Waals surface area (Å²) in [5.41, 5.74) is 0.834. The molecule has 1 aliphatic heterocycles. The van der Waals surface area contributed by atoms with E-state index in [1.807, 2.05) is 0 Å². The van der Waals surface area contributed by atoms with Crippen molar-refractivity contribution in [1.82, 2.24) is 16.0 Å². The van der Waals surface area contributed by atoms with Gasteiger partial charge in [0.1, 0.15) is 5.82 Å². The van der Waals surface area contributed by atoms with Gasteiger partial charge in [0, 0.05) is 51.4 Å². The molecule has 1 fully saturated rings. The van der Waals surface area contributed by atoms with E-state index in [1.54, 1.807) is 26.1 Å². The van der Waals surface area contributed by atoms with Crippen molar-refractivity contribution in [3.8, 4) is 0 Å². The summed E-state index contributed by atoms with van der Waals surface area (Å²) < 4.78 is 24.5. The molecule has 0 aromatic heterocycles. The summed E-state index contributed by atoms with van der Waals surface area (Å²) in [6.07, 6.45) is 1.97. The largest absolute Gasteiger partial charge is 0.381 e. The fraction of sp³-hybridized carbons (Fsp3) is 0.600. The highest BCUT2D eigenvalue weighted by Crippen LogP contribution is 2.12. The van der Waals surface area contributed by atoms with Crippen molar-refractivity contribution >= 4 is 11.9 Å². The van der Waals surface area contributed by atoms with E-state index in [2.05, 4.69) is 20.9 Å². The molecule has 1 unspecified atom stereocenters. The normalized spacial score (nSPS) is 16.8. The van der Waals surface area contributed by atoms with E-state index >= 15 is 0 Å². The molecule has 2 rings (SSSR count). The summed E-state index contributed by atoms with van der Waals surface area (Å²) in [6, 6.07) is 4.46. The summed E-state index contributed by atoms with van der Waals surface area (Å²) in [4.78, 5) is 16.2. The van der Waals surface area contributed by atoms with E-state index in [0.717, 1.165) is 39.2 Å². The standard InChI is InChI=1S/C20H31FN4O3/c1-15-4-5-17(12-18(15)21)19(26)23-8-9-25-20(22-2)24-7-3-10-27-13-16-6-11-28-14-16/h4-5,12,16H,3,6-11,13-14H2,1-2H3,(H,23,26)(H2,22,24,25). The maximum absolute atomic E-state index is 13.5. The van der Waals surface area contributed by atoms with Crippen LogP contribution >= 0.6 is 0 Å². The first-order valence-corrected chi connectivity index (χ1v) is 9.74. The topological polar surface area (TPSA) is 84.0 Å². The number of nitrogens with one attached hydrogen (secondary N) is 3. The fourth-order valence-corrected chi connectivity index (χ4v) is 2.76. The number of rotatable bonds is 10. The number of nitrogens with zero attached hydrogens (tertiary/aromatic N) is 1. The first-order valence-electron chi connectivity index (χ1n) is 9.74. The minimum Gasteiger partial charge on any atom is -0.381 e. The van der Waals surface area contributed by atoms with Crippen LogP contribution in [0.3, 0.4) is 0 Å².